The van der Waals surface area contributed by atoms with Crippen LogP contribution in [0.2, 0.25) is 0 Å². The van der Waals surface area contributed by atoms with E-state index in [1.807, 2.05) is 6.92 Å². The molecule has 1 aromatic carbocycles. The van der Waals surface area contributed by atoms with Crippen LogP contribution < -0.4 is 10.5 Å². The minimum Gasteiger partial charge on any atom is -0.487 e. The van der Waals surface area contributed by atoms with Crippen LogP contribution in [0.15, 0.2) is 12.1 Å². The van der Waals surface area contributed by atoms with Crippen LogP contribution in [0.1, 0.15) is 25.3 Å². The molecule has 0 fully saturated rings. The molecule has 0 amide bonds. The monoisotopic (exact) mass is 297 g/mol. The van der Waals surface area contributed by atoms with Gasteiger partial charge < -0.3 is 10.5 Å². The maximum absolute atomic E-state index is 13.6. The van der Waals surface area contributed by atoms with Gasteiger partial charge in [-0.05, 0) is 30.5 Å². The van der Waals surface area contributed by atoms with Crippen molar-refractivity contribution in [3.8, 4) is 5.75 Å². The Labute approximate surface area is 113 Å². The van der Waals surface area contributed by atoms with Gasteiger partial charge in [0.05, 0.1) is 13.0 Å². The Kier molecular flexibility index (Phi) is 5.74. The lowest BCUT2D eigenvalue weighted by Crippen LogP contribution is -2.21. The van der Waals surface area contributed by atoms with Crippen LogP contribution >= 0.6 is 0 Å². The number of hydrogen-bond donors (Lipinski definition) is 1. The molecule has 0 aliphatic rings. The molecule has 0 spiro atoms. The summed E-state index contributed by atoms with van der Waals surface area (Å²) < 4.78 is 67.5. The van der Waals surface area contributed by atoms with E-state index in [1.54, 1.807) is 0 Å². The van der Waals surface area contributed by atoms with Gasteiger partial charge in [-0.25, -0.2) is 8.78 Å². The Balaban J connectivity index is 2.74. The molecule has 7 heteroatoms. The smallest absolute Gasteiger partial charge is 0.392 e. The molecule has 1 unspecified atom stereocenters. The van der Waals surface area contributed by atoms with E-state index in [-0.39, 0.29) is 12.5 Å². The third-order valence-electron chi connectivity index (χ3n) is 2.71. The molecule has 1 rings (SSSR count). The summed E-state index contributed by atoms with van der Waals surface area (Å²) in [7, 11) is 0. The van der Waals surface area contributed by atoms with Gasteiger partial charge >= 0.3 is 6.18 Å². The highest BCUT2D eigenvalue weighted by molar-refractivity contribution is 5.31. The molecular weight excluding hydrogens is 281 g/mol. The summed E-state index contributed by atoms with van der Waals surface area (Å²) in [5, 5.41) is 0. The SMILES string of the molecule is CCC(N)Cc1cc(F)c(OCCC(F)(F)F)c(F)c1. The Morgan fingerprint density at radius 3 is 2.20 bits per heavy atom. The van der Waals surface area contributed by atoms with E-state index in [9.17, 15) is 22.0 Å². The Bertz CT molecular complexity index is 424. The molecule has 0 radical (unpaired) electrons. The fourth-order valence-electron chi connectivity index (χ4n) is 1.58. The van der Waals surface area contributed by atoms with Crippen LogP contribution in [0.5, 0.6) is 5.75 Å². The molecule has 2 nitrogen and oxygen atoms in total. The fraction of sp³-hybridized carbons (Fsp3) is 0.538. The number of hydrogen-bond acceptors (Lipinski definition) is 2. The largest absolute Gasteiger partial charge is 0.487 e. The maximum Gasteiger partial charge on any atom is 0.392 e. The summed E-state index contributed by atoms with van der Waals surface area (Å²) >= 11 is 0. The Morgan fingerprint density at radius 1 is 1.20 bits per heavy atom. The predicted octanol–water partition coefficient (Wildman–Crippen LogP) is 3.58. The molecule has 0 aromatic heterocycles. The first-order valence-electron chi connectivity index (χ1n) is 6.16. The van der Waals surface area contributed by atoms with Gasteiger partial charge in [-0.1, -0.05) is 6.92 Å². The quantitative estimate of drug-likeness (QED) is 0.815. The van der Waals surface area contributed by atoms with Gasteiger partial charge in [0.25, 0.3) is 0 Å². The van der Waals surface area contributed by atoms with Crippen molar-refractivity contribution in [2.45, 2.75) is 38.4 Å². The normalized spacial score (nSPS) is 13.3. The highest BCUT2D eigenvalue weighted by Gasteiger charge is 2.27. The lowest BCUT2D eigenvalue weighted by molar-refractivity contribution is -0.139. The lowest BCUT2D eigenvalue weighted by atomic mass is 10.0. The van der Waals surface area contributed by atoms with Gasteiger partial charge in [0.15, 0.2) is 17.4 Å². The van der Waals surface area contributed by atoms with Crippen LogP contribution in [0.25, 0.3) is 0 Å². The molecule has 0 aliphatic carbocycles. The van der Waals surface area contributed by atoms with E-state index in [2.05, 4.69) is 4.74 Å². The summed E-state index contributed by atoms with van der Waals surface area (Å²) in [5.41, 5.74) is 6.02. The number of alkyl halides is 3. The molecular formula is C13H16F5NO. The van der Waals surface area contributed by atoms with E-state index in [1.165, 1.54) is 0 Å². The average molecular weight is 297 g/mol. The van der Waals surface area contributed by atoms with Crippen molar-refractivity contribution in [3.05, 3.63) is 29.3 Å². The van der Waals surface area contributed by atoms with Crippen LogP contribution in [-0.4, -0.2) is 18.8 Å². The molecule has 1 aromatic rings. The zero-order valence-corrected chi connectivity index (χ0v) is 10.9. The van der Waals surface area contributed by atoms with Crippen molar-refractivity contribution in [1.82, 2.24) is 0 Å². The van der Waals surface area contributed by atoms with E-state index in [0.29, 0.717) is 12.0 Å². The highest BCUT2D eigenvalue weighted by Crippen LogP contribution is 2.26. The maximum atomic E-state index is 13.6. The molecule has 20 heavy (non-hydrogen) atoms. The number of nitrogens with two attached hydrogens (primary N) is 1. The average Bonchev–Trinajstić information content (AvgIpc) is 2.31. The standard InChI is InChI=1S/C13H16F5NO/c1-2-9(19)5-8-6-10(14)12(11(15)7-8)20-4-3-13(16,17)18/h6-7,9H,2-5,19H2,1H3. The first kappa shape index (κ1) is 16.7. The highest BCUT2D eigenvalue weighted by atomic mass is 19.4. The Hall–Kier alpha value is -1.37. The van der Waals surface area contributed by atoms with Crippen molar-refractivity contribution < 1.29 is 26.7 Å². The van der Waals surface area contributed by atoms with Crippen LogP contribution in [0.3, 0.4) is 0 Å². The fourth-order valence-corrected chi connectivity index (χ4v) is 1.58. The van der Waals surface area contributed by atoms with Crippen LogP contribution in [-0.2, 0) is 6.42 Å². The number of rotatable bonds is 6. The van der Waals surface area contributed by atoms with E-state index in [0.717, 1.165) is 12.1 Å². The van der Waals surface area contributed by atoms with Gasteiger partial charge in [-0.3, -0.25) is 0 Å². The molecule has 0 heterocycles. The van der Waals surface area contributed by atoms with Crippen LogP contribution in [0, 0.1) is 11.6 Å². The molecule has 0 bridgehead atoms. The first-order chi connectivity index (χ1) is 9.23. The topological polar surface area (TPSA) is 35.2 Å². The summed E-state index contributed by atoms with van der Waals surface area (Å²) in [6.45, 7) is 1.01. The van der Waals surface area contributed by atoms with Crippen molar-refractivity contribution in [1.29, 1.82) is 0 Å². The minimum atomic E-state index is -4.43. The van der Waals surface area contributed by atoms with Gasteiger partial charge in [0.2, 0.25) is 0 Å². The van der Waals surface area contributed by atoms with Crippen molar-refractivity contribution in [3.63, 3.8) is 0 Å². The summed E-state index contributed by atoms with van der Waals surface area (Å²) in [6.07, 6.45) is -4.77. The van der Waals surface area contributed by atoms with Gasteiger partial charge in [0, 0.05) is 6.04 Å². The minimum absolute atomic E-state index is 0.231. The summed E-state index contributed by atoms with van der Waals surface area (Å²) in [6, 6.07) is 1.83. The van der Waals surface area contributed by atoms with Gasteiger partial charge in [0.1, 0.15) is 0 Å². The number of halogens is 5. The zero-order valence-electron chi connectivity index (χ0n) is 10.9. The number of ether oxygens (including phenoxy) is 1. The van der Waals surface area contributed by atoms with Crippen molar-refractivity contribution in [2.75, 3.05) is 6.61 Å². The second kappa shape index (κ2) is 6.88. The van der Waals surface area contributed by atoms with Gasteiger partial charge in [-0.2, -0.15) is 13.2 Å². The molecule has 1 atom stereocenters. The Morgan fingerprint density at radius 2 is 1.75 bits per heavy atom. The molecule has 0 aliphatic heterocycles. The second-order valence-electron chi connectivity index (χ2n) is 4.47. The third-order valence-corrected chi connectivity index (χ3v) is 2.71. The summed E-state index contributed by atoms with van der Waals surface area (Å²) in [4.78, 5) is 0. The van der Waals surface area contributed by atoms with Crippen molar-refractivity contribution >= 4 is 0 Å². The molecule has 2 N–H and O–H groups in total. The van der Waals surface area contributed by atoms with E-state index >= 15 is 0 Å². The van der Waals surface area contributed by atoms with Crippen LogP contribution in [0.4, 0.5) is 22.0 Å². The molecule has 0 saturated heterocycles. The second-order valence-corrected chi connectivity index (χ2v) is 4.47. The first-order valence-corrected chi connectivity index (χ1v) is 6.16. The van der Waals surface area contributed by atoms with E-state index in [4.69, 9.17) is 5.73 Å². The van der Waals surface area contributed by atoms with E-state index < -0.39 is 36.6 Å². The van der Waals surface area contributed by atoms with Crippen molar-refractivity contribution in [2.24, 2.45) is 5.73 Å². The molecule has 114 valence electrons. The summed E-state index contributed by atoms with van der Waals surface area (Å²) in [5.74, 6) is -2.83. The molecule has 0 saturated carbocycles. The van der Waals surface area contributed by atoms with Gasteiger partial charge in [-0.15, -0.1) is 0 Å². The zero-order chi connectivity index (χ0) is 15.3. The predicted molar refractivity (Wildman–Crippen MR) is 64.5 cm³/mol. The lowest BCUT2D eigenvalue weighted by Gasteiger charge is -2.13. The number of benzene rings is 1. The third kappa shape index (κ3) is 5.32.